The van der Waals surface area contributed by atoms with Crippen LogP contribution in [0.2, 0.25) is 0 Å². The minimum absolute atomic E-state index is 0.221. The Morgan fingerprint density at radius 1 is 1.33 bits per heavy atom. The summed E-state index contributed by atoms with van der Waals surface area (Å²) in [6.07, 6.45) is 4.40. The SMILES string of the molecule is CN(C)CCC(=O)N[C@@H]1C[C@H]2CC[C@]1(C)C2(C)C. The molecule has 2 rings (SSSR count). The van der Waals surface area contributed by atoms with E-state index in [-0.39, 0.29) is 5.91 Å². The van der Waals surface area contributed by atoms with Gasteiger partial charge in [0.2, 0.25) is 5.91 Å². The summed E-state index contributed by atoms with van der Waals surface area (Å²) in [5.74, 6) is 1.01. The number of nitrogens with zero attached hydrogens (tertiary/aromatic N) is 1. The van der Waals surface area contributed by atoms with Gasteiger partial charge in [-0.15, -0.1) is 0 Å². The molecule has 0 aromatic heterocycles. The number of hydrogen-bond acceptors (Lipinski definition) is 2. The van der Waals surface area contributed by atoms with Crippen LogP contribution in [0.3, 0.4) is 0 Å². The minimum Gasteiger partial charge on any atom is -0.353 e. The Kier molecular flexibility index (Phi) is 3.48. The van der Waals surface area contributed by atoms with Crippen LogP contribution in [0.4, 0.5) is 0 Å². The summed E-state index contributed by atoms with van der Waals surface area (Å²) >= 11 is 0. The summed E-state index contributed by atoms with van der Waals surface area (Å²) in [6, 6.07) is 0.390. The summed E-state index contributed by atoms with van der Waals surface area (Å²) in [7, 11) is 4.02. The molecule has 18 heavy (non-hydrogen) atoms. The van der Waals surface area contributed by atoms with Gasteiger partial charge in [0.25, 0.3) is 0 Å². The maximum atomic E-state index is 12.0. The largest absolute Gasteiger partial charge is 0.353 e. The highest BCUT2D eigenvalue weighted by molar-refractivity contribution is 5.76. The fourth-order valence-corrected chi connectivity index (χ4v) is 4.01. The van der Waals surface area contributed by atoms with Gasteiger partial charge in [0.15, 0.2) is 0 Å². The molecule has 2 aliphatic carbocycles. The fourth-order valence-electron chi connectivity index (χ4n) is 4.01. The second-order valence-corrected chi connectivity index (χ2v) is 7.28. The predicted molar refractivity (Wildman–Crippen MR) is 74.3 cm³/mol. The van der Waals surface area contributed by atoms with Crippen LogP contribution in [0.5, 0.6) is 0 Å². The molecule has 2 bridgehead atoms. The quantitative estimate of drug-likeness (QED) is 0.832. The lowest BCUT2D eigenvalue weighted by molar-refractivity contribution is -0.123. The van der Waals surface area contributed by atoms with Crippen LogP contribution in [0, 0.1) is 16.7 Å². The average molecular weight is 252 g/mol. The number of carbonyl (C=O) groups is 1. The molecule has 2 aliphatic rings. The number of rotatable bonds is 4. The molecule has 0 radical (unpaired) electrons. The zero-order valence-electron chi connectivity index (χ0n) is 12.5. The molecule has 3 heteroatoms. The first-order valence-corrected chi connectivity index (χ1v) is 7.21. The van der Waals surface area contributed by atoms with Gasteiger partial charge in [-0.1, -0.05) is 20.8 Å². The zero-order valence-corrected chi connectivity index (χ0v) is 12.5. The fraction of sp³-hybridized carbons (Fsp3) is 0.933. The Hall–Kier alpha value is -0.570. The first-order valence-electron chi connectivity index (χ1n) is 7.21. The summed E-state index contributed by atoms with van der Waals surface area (Å²) < 4.78 is 0. The van der Waals surface area contributed by atoms with E-state index in [1.54, 1.807) is 0 Å². The van der Waals surface area contributed by atoms with E-state index >= 15 is 0 Å². The molecule has 2 saturated carbocycles. The van der Waals surface area contributed by atoms with Gasteiger partial charge in [-0.3, -0.25) is 4.79 Å². The molecule has 0 heterocycles. The number of fused-ring (bicyclic) bond motifs is 2. The van der Waals surface area contributed by atoms with E-state index in [2.05, 4.69) is 31.0 Å². The lowest BCUT2D eigenvalue weighted by Crippen LogP contribution is -2.47. The zero-order chi connectivity index (χ0) is 13.6. The van der Waals surface area contributed by atoms with Crippen LogP contribution >= 0.6 is 0 Å². The van der Waals surface area contributed by atoms with Gasteiger partial charge in [-0.05, 0) is 50.1 Å². The number of amides is 1. The molecule has 0 aliphatic heterocycles. The molecule has 0 aromatic rings. The Morgan fingerprint density at radius 3 is 2.44 bits per heavy atom. The van der Waals surface area contributed by atoms with Crippen molar-refractivity contribution in [3.05, 3.63) is 0 Å². The lowest BCUT2D eigenvalue weighted by Gasteiger charge is -2.39. The van der Waals surface area contributed by atoms with Gasteiger partial charge in [-0.2, -0.15) is 0 Å². The summed E-state index contributed by atoms with van der Waals surface area (Å²) in [6.45, 7) is 7.98. The van der Waals surface area contributed by atoms with Crippen molar-refractivity contribution in [3.63, 3.8) is 0 Å². The molecular weight excluding hydrogens is 224 g/mol. The second kappa shape index (κ2) is 4.52. The van der Waals surface area contributed by atoms with E-state index in [1.807, 2.05) is 14.1 Å². The van der Waals surface area contributed by atoms with Crippen LogP contribution in [0.25, 0.3) is 0 Å². The van der Waals surface area contributed by atoms with Crippen LogP contribution in [-0.4, -0.2) is 37.5 Å². The highest BCUT2D eigenvalue weighted by Crippen LogP contribution is 2.65. The highest BCUT2D eigenvalue weighted by Gasteiger charge is 2.61. The van der Waals surface area contributed by atoms with E-state index in [9.17, 15) is 4.79 Å². The van der Waals surface area contributed by atoms with Crippen molar-refractivity contribution in [1.82, 2.24) is 10.2 Å². The first kappa shape index (κ1) is 13.9. The normalized spacial score (nSPS) is 37.2. The Bertz CT molecular complexity index is 337. The molecule has 0 aromatic carbocycles. The number of carbonyl (C=O) groups excluding carboxylic acids is 1. The molecule has 3 nitrogen and oxygen atoms in total. The molecule has 1 amide bonds. The number of hydrogen-bond donors (Lipinski definition) is 1. The maximum absolute atomic E-state index is 12.0. The average Bonchev–Trinajstić information content (AvgIpc) is 2.59. The van der Waals surface area contributed by atoms with Gasteiger partial charge < -0.3 is 10.2 Å². The van der Waals surface area contributed by atoms with Crippen LogP contribution < -0.4 is 5.32 Å². The monoisotopic (exact) mass is 252 g/mol. The lowest BCUT2D eigenvalue weighted by atomic mass is 9.69. The first-order chi connectivity index (χ1) is 8.27. The van der Waals surface area contributed by atoms with Crippen molar-refractivity contribution in [3.8, 4) is 0 Å². The predicted octanol–water partition coefficient (Wildman–Crippen LogP) is 2.27. The molecule has 104 valence electrons. The topological polar surface area (TPSA) is 32.3 Å². The van der Waals surface area contributed by atoms with Crippen molar-refractivity contribution in [2.75, 3.05) is 20.6 Å². The number of nitrogens with one attached hydrogen (secondary N) is 1. The van der Waals surface area contributed by atoms with E-state index in [4.69, 9.17) is 0 Å². The van der Waals surface area contributed by atoms with Gasteiger partial charge >= 0.3 is 0 Å². The second-order valence-electron chi connectivity index (χ2n) is 7.28. The van der Waals surface area contributed by atoms with Crippen molar-refractivity contribution >= 4 is 5.91 Å². The van der Waals surface area contributed by atoms with Gasteiger partial charge in [0.1, 0.15) is 0 Å². The van der Waals surface area contributed by atoms with E-state index in [0.717, 1.165) is 12.5 Å². The van der Waals surface area contributed by atoms with Crippen LogP contribution in [0.15, 0.2) is 0 Å². The smallest absolute Gasteiger partial charge is 0.221 e. The molecule has 0 spiro atoms. The van der Waals surface area contributed by atoms with Gasteiger partial charge in [-0.25, -0.2) is 0 Å². The van der Waals surface area contributed by atoms with E-state index in [0.29, 0.717) is 23.3 Å². The third-order valence-corrected chi connectivity index (χ3v) is 5.92. The van der Waals surface area contributed by atoms with E-state index < -0.39 is 0 Å². The Balaban J connectivity index is 1.94. The van der Waals surface area contributed by atoms with Crippen molar-refractivity contribution in [2.24, 2.45) is 16.7 Å². The standard InChI is InChI=1S/C15H28N2O/c1-14(2)11-6-8-15(14,3)12(10-11)16-13(18)7-9-17(4)5/h11-12H,6-10H2,1-5H3,(H,16,18)/t11-,12-,15+/m1/s1. The van der Waals surface area contributed by atoms with Crippen LogP contribution in [0.1, 0.15) is 46.5 Å². The third kappa shape index (κ3) is 2.07. The van der Waals surface area contributed by atoms with Crippen molar-refractivity contribution in [1.29, 1.82) is 0 Å². The molecular formula is C15H28N2O. The van der Waals surface area contributed by atoms with Crippen LogP contribution in [-0.2, 0) is 4.79 Å². The summed E-state index contributed by atoms with van der Waals surface area (Å²) in [5, 5.41) is 3.30. The van der Waals surface area contributed by atoms with Gasteiger partial charge in [0.05, 0.1) is 0 Å². The molecule has 2 fully saturated rings. The highest BCUT2D eigenvalue weighted by atomic mass is 16.1. The molecule has 0 unspecified atom stereocenters. The van der Waals surface area contributed by atoms with Crippen molar-refractivity contribution in [2.45, 2.75) is 52.5 Å². The van der Waals surface area contributed by atoms with E-state index in [1.165, 1.54) is 19.3 Å². The summed E-state index contributed by atoms with van der Waals surface area (Å²) in [5.41, 5.74) is 0.679. The molecule has 3 atom stereocenters. The molecule has 1 N–H and O–H groups in total. The van der Waals surface area contributed by atoms with Crippen molar-refractivity contribution < 1.29 is 4.79 Å². The Labute approximate surface area is 111 Å². The summed E-state index contributed by atoms with van der Waals surface area (Å²) in [4.78, 5) is 14.1. The van der Waals surface area contributed by atoms with Gasteiger partial charge in [0, 0.05) is 19.0 Å². The Morgan fingerprint density at radius 2 is 2.00 bits per heavy atom. The molecule has 0 saturated heterocycles. The third-order valence-electron chi connectivity index (χ3n) is 5.92. The minimum atomic E-state index is 0.221. The maximum Gasteiger partial charge on any atom is 0.221 e.